The van der Waals surface area contributed by atoms with Gasteiger partial charge in [-0.05, 0) is 43.3 Å². The molecule has 0 aliphatic carbocycles. The van der Waals surface area contributed by atoms with E-state index in [0.29, 0.717) is 5.69 Å². The molecule has 110 valence electrons. The van der Waals surface area contributed by atoms with E-state index in [1.54, 1.807) is 0 Å². The first-order valence-electron chi connectivity index (χ1n) is 6.24. The van der Waals surface area contributed by atoms with Gasteiger partial charge < -0.3 is 10.6 Å². The van der Waals surface area contributed by atoms with Crippen LogP contribution >= 0.6 is 0 Å². The Morgan fingerprint density at radius 3 is 2.14 bits per heavy atom. The highest BCUT2D eigenvalue weighted by Gasteiger charge is 2.17. The summed E-state index contributed by atoms with van der Waals surface area (Å²) in [4.78, 5) is 11.9. The number of nitrogens with one attached hydrogen (secondary N) is 2. The quantitative estimate of drug-likeness (QED) is 0.905. The number of benzene rings is 2. The lowest BCUT2D eigenvalue weighted by Gasteiger charge is -2.16. The standard InChI is InChI=1S/C15H13F3N2O/c1-9(19-11-7-5-10(16)6-8-11)15(21)20-14-12(17)3-2-4-13(14)18/h2-9,19H,1H3,(H,20,21). The van der Waals surface area contributed by atoms with Crippen molar-refractivity contribution in [3.63, 3.8) is 0 Å². The molecule has 0 radical (unpaired) electrons. The predicted octanol–water partition coefficient (Wildman–Crippen LogP) is 3.54. The summed E-state index contributed by atoms with van der Waals surface area (Å²) in [6, 6.07) is 7.96. The van der Waals surface area contributed by atoms with E-state index in [0.717, 1.165) is 12.1 Å². The van der Waals surface area contributed by atoms with Gasteiger partial charge in [0.2, 0.25) is 5.91 Å². The van der Waals surface area contributed by atoms with Crippen LogP contribution < -0.4 is 10.6 Å². The van der Waals surface area contributed by atoms with Crippen molar-refractivity contribution in [1.29, 1.82) is 0 Å². The summed E-state index contributed by atoms with van der Waals surface area (Å²) in [5, 5.41) is 4.99. The Morgan fingerprint density at radius 2 is 1.57 bits per heavy atom. The Balaban J connectivity index is 2.04. The normalized spacial score (nSPS) is 11.8. The first-order valence-corrected chi connectivity index (χ1v) is 6.24. The molecule has 0 heterocycles. The van der Waals surface area contributed by atoms with Crippen LogP contribution in [0.1, 0.15) is 6.92 Å². The molecule has 0 aromatic heterocycles. The van der Waals surface area contributed by atoms with E-state index in [-0.39, 0.29) is 0 Å². The van der Waals surface area contributed by atoms with E-state index in [9.17, 15) is 18.0 Å². The van der Waals surface area contributed by atoms with Crippen molar-refractivity contribution in [2.24, 2.45) is 0 Å². The molecule has 1 atom stereocenters. The lowest BCUT2D eigenvalue weighted by molar-refractivity contribution is -0.116. The second-order valence-corrected chi connectivity index (χ2v) is 4.46. The van der Waals surface area contributed by atoms with E-state index in [1.807, 2.05) is 0 Å². The number of carbonyl (C=O) groups is 1. The minimum atomic E-state index is -0.850. The zero-order valence-corrected chi connectivity index (χ0v) is 11.2. The fourth-order valence-electron chi connectivity index (χ4n) is 1.71. The lowest BCUT2D eigenvalue weighted by Crippen LogP contribution is -2.32. The highest BCUT2D eigenvalue weighted by molar-refractivity contribution is 5.96. The van der Waals surface area contributed by atoms with Crippen LogP contribution in [0.15, 0.2) is 42.5 Å². The second kappa shape index (κ2) is 6.30. The van der Waals surface area contributed by atoms with Gasteiger partial charge >= 0.3 is 0 Å². The lowest BCUT2D eigenvalue weighted by atomic mass is 10.2. The van der Waals surface area contributed by atoms with Crippen LogP contribution in [0.2, 0.25) is 0 Å². The van der Waals surface area contributed by atoms with Crippen molar-refractivity contribution < 1.29 is 18.0 Å². The van der Waals surface area contributed by atoms with Crippen molar-refractivity contribution in [3.05, 3.63) is 59.9 Å². The van der Waals surface area contributed by atoms with Gasteiger partial charge in [0.15, 0.2) is 0 Å². The first-order chi connectivity index (χ1) is 9.97. The van der Waals surface area contributed by atoms with Crippen molar-refractivity contribution in [1.82, 2.24) is 0 Å². The molecule has 2 rings (SSSR count). The molecule has 21 heavy (non-hydrogen) atoms. The van der Waals surface area contributed by atoms with E-state index in [4.69, 9.17) is 0 Å². The Kier molecular flexibility index (Phi) is 4.47. The Labute approximate surface area is 119 Å². The molecule has 0 spiro atoms. The minimum absolute atomic E-state index is 0.397. The maximum absolute atomic E-state index is 13.4. The molecule has 2 aromatic carbocycles. The molecule has 0 bridgehead atoms. The van der Waals surface area contributed by atoms with Crippen molar-refractivity contribution in [3.8, 4) is 0 Å². The van der Waals surface area contributed by atoms with Gasteiger partial charge in [-0.15, -0.1) is 0 Å². The fraction of sp³-hybridized carbons (Fsp3) is 0.133. The predicted molar refractivity (Wildman–Crippen MR) is 74.5 cm³/mol. The summed E-state index contributed by atoms with van der Waals surface area (Å²) in [7, 11) is 0. The highest BCUT2D eigenvalue weighted by Crippen LogP contribution is 2.18. The number of rotatable bonds is 4. The van der Waals surface area contributed by atoms with Crippen LogP contribution in [0, 0.1) is 17.5 Å². The SMILES string of the molecule is CC(Nc1ccc(F)cc1)C(=O)Nc1c(F)cccc1F. The van der Waals surface area contributed by atoms with Gasteiger partial charge in [0.05, 0.1) is 0 Å². The van der Waals surface area contributed by atoms with E-state index >= 15 is 0 Å². The monoisotopic (exact) mass is 294 g/mol. The number of halogens is 3. The van der Waals surface area contributed by atoms with Gasteiger partial charge in [-0.3, -0.25) is 4.79 Å². The summed E-state index contributed by atoms with van der Waals surface area (Å²) in [5.41, 5.74) is 0.0308. The number of carbonyl (C=O) groups excluding carboxylic acids is 1. The van der Waals surface area contributed by atoms with E-state index in [2.05, 4.69) is 10.6 Å². The molecule has 2 aromatic rings. The highest BCUT2D eigenvalue weighted by atomic mass is 19.1. The number of para-hydroxylation sites is 1. The van der Waals surface area contributed by atoms with Gasteiger partial charge in [0.25, 0.3) is 0 Å². The Hall–Kier alpha value is -2.50. The van der Waals surface area contributed by atoms with Crippen LogP contribution in [0.3, 0.4) is 0 Å². The summed E-state index contributed by atoms with van der Waals surface area (Å²) < 4.78 is 39.6. The molecular weight excluding hydrogens is 281 g/mol. The first kappa shape index (κ1) is 14.9. The van der Waals surface area contributed by atoms with Crippen LogP contribution in [0.5, 0.6) is 0 Å². The molecule has 3 nitrogen and oxygen atoms in total. The van der Waals surface area contributed by atoms with Crippen molar-refractivity contribution in [2.75, 3.05) is 10.6 Å². The molecule has 2 N–H and O–H groups in total. The molecule has 0 aliphatic heterocycles. The Morgan fingerprint density at radius 1 is 1.00 bits per heavy atom. The minimum Gasteiger partial charge on any atom is -0.374 e. The zero-order chi connectivity index (χ0) is 15.4. The van der Waals surface area contributed by atoms with Gasteiger partial charge in [0, 0.05) is 5.69 Å². The third kappa shape index (κ3) is 3.75. The largest absolute Gasteiger partial charge is 0.374 e. The summed E-state index contributed by atoms with van der Waals surface area (Å²) in [6.45, 7) is 1.53. The number of hydrogen-bond acceptors (Lipinski definition) is 2. The average molecular weight is 294 g/mol. The maximum atomic E-state index is 13.4. The van der Waals surface area contributed by atoms with Gasteiger partial charge in [-0.2, -0.15) is 0 Å². The molecule has 0 aliphatic rings. The zero-order valence-electron chi connectivity index (χ0n) is 11.2. The maximum Gasteiger partial charge on any atom is 0.246 e. The molecular formula is C15H13F3N2O. The molecule has 0 fully saturated rings. The summed E-state index contributed by atoms with van der Waals surface area (Å²) >= 11 is 0. The van der Waals surface area contributed by atoms with Crippen LogP contribution in [-0.4, -0.2) is 11.9 Å². The van der Waals surface area contributed by atoms with Gasteiger partial charge in [-0.25, -0.2) is 13.2 Å². The van der Waals surface area contributed by atoms with Crippen LogP contribution in [-0.2, 0) is 4.79 Å². The van der Waals surface area contributed by atoms with Crippen molar-refractivity contribution in [2.45, 2.75) is 13.0 Å². The molecule has 0 saturated heterocycles. The molecule has 0 saturated carbocycles. The van der Waals surface area contributed by atoms with Crippen molar-refractivity contribution >= 4 is 17.3 Å². The summed E-state index contributed by atoms with van der Waals surface area (Å²) in [6.07, 6.45) is 0. The average Bonchev–Trinajstić information content (AvgIpc) is 2.45. The third-order valence-corrected chi connectivity index (χ3v) is 2.83. The molecule has 1 amide bonds. The van der Waals surface area contributed by atoms with Gasteiger partial charge in [0.1, 0.15) is 29.2 Å². The number of anilines is 2. The van der Waals surface area contributed by atoms with Crippen LogP contribution in [0.4, 0.5) is 24.5 Å². The topological polar surface area (TPSA) is 41.1 Å². The van der Waals surface area contributed by atoms with Crippen LogP contribution in [0.25, 0.3) is 0 Å². The molecule has 1 unspecified atom stereocenters. The summed E-state index contributed by atoms with van der Waals surface area (Å²) in [5.74, 6) is -2.70. The Bertz CT molecular complexity index is 624. The van der Waals surface area contributed by atoms with Gasteiger partial charge in [-0.1, -0.05) is 6.07 Å². The second-order valence-electron chi connectivity index (χ2n) is 4.46. The third-order valence-electron chi connectivity index (χ3n) is 2.83. The smallest absolute Gasteiger partial charge is 0.246 e. The molecule has 6 heteroatoms. The number of amides is 1. The fourth-order valence-corrected chi connectivity index (χ4v) is 1.71. The number of hydrogen-bond donors (Lipinski definition) is 2. The van der Waals surface area contributed by atoms with E-state index < -0.39 is 35.1 Å². The van der Waals surface area contributed by atoms with E-state index in [1.165, 1.54) is 37.3 Å².